The number of hydrogen-bond acceptors (Lipinski definition) is 0. The SMILES string of the molecule is [2H]c1c([2H])c([2H])c2c(c1[2H])c1c([2H])c([2H])c([2H])c([2H])c1c1c([2H])c([2H])c([2H])c3c4c([2H])c(C)c([2H])c([2H])c4n(c4c([2H])c([2H])c([2H])c([2H])c24)c13. The lowest BCUT2D eigenvalue weighted by atomic mass is 10.0. The molecular formula is C31H21N. The molecule has 7 aromatic rings. The van der Waals surface area contributed by atoms with Crippen LogP contribution in [0.15, 0.2) is 109 Å². The van der Waals surface area contributed by atoms with E-state index < -0.39 is 141 Å². The highest BCUT2D eigenvalue weighted by atomic mass is 14.9. The smallest absolute Gasteiger partial charge is 0.0645 e. The van der Waals surface area contributed by atoms with Crippen LogP contribution < -0.4 is 0 Å². The Morgan fingerprint density at radius 2 is 0.938 bits per heavy atom. The minimum absolute atomic E-state index is 0.00644. The summed E-state index contributed by atoms with van der Waals surface area (Å²) in [6, 6.07) is -13.5. The standard InChI is InChI=1S/C31H21N/c1-20-17-18-30-28(19-20)27-15-8-14-26-24-12-5-3-10-22(24)21-9-2-4-11-23(21)25-13-6-7-16-29(25)32(30)31(26)27/h2-19H,1H3/i2D,3D,4D,5D,6D,7D,8D,9D,10D,11D,12D,13D,14D,15D,16D,17D,18D,19D. The molecular weight excluding hydrogens is 386 g/mol. The average Bonchev–Trinajstić information content (AvgIpc) is 3.45. The van der Waals surface area contributed by atoms with Crippen molar-refractivity contribution in [3.63, 3.8) is 0 Å². The molecule has 0 fully saturated rings. The fourth-order valence-electron chi connectivity index (χ4n) is 4.19. The van der Waals surface area contributed by atoms with Gasteiger partial charge in [0.2, 0.25) is 0 Å². The largest absolute Gasteiger partial charge is 0.308 e. The molecule has 7 rings (SSSR count). The first-order valence-electron chi connectivity index (χ1n) is 18.7. The zero-order chi connectivity index (χ0) is 36.9. The van der Waals surface area contributed by atoms with E-state index in [1.54, 1.807) is 0 Å². The van der Waals surface area contributed by atoms with E-state index in [9.17, 15) is 2.74 Å². The third-order valence-corrected chi connectivity index (χ3v) is 5.48. The van der Waals surface area contributed by atoms with E-state index in [-0.39, 0.29) is 33.4 Å². The maximum Gasteiger partial charge on any atom is 0.0645 e. The Kier molecular flexibility index (Phi) is 1.51. The maximum absolute atomic E-state index is 9.19. The summed E-state index contributed by atoms with van der Waals surface area (Å²) >= 11 is 0. The van der Waals surface area contributed by atoms with Gasteiger partial charge >= 0.3 is 0 Å². The quantitative estimate of drug-likeness (QED) is 0.229. The van der Waals surface area contributed by atoms with Crippen LogP contribution in [0.2, 0.25) is 0 Å². The Hall–Kier alpha value is -4.10. The zero-order valence-corrected chi connectivity index (χ0v) is 16.4. The Morgan fingerprint density at radius 3 is 1.62 bits per heavy atom. The minimum atomic E-state index is -0.837. The van der Waals surface area contributed by atoms with Crippen LogP contribution in [0.3, 0.4) is 0 Å². The third kappa shape index (κ3) is 2.28. The molecule has 1 heteroatoms. The minimum Gasteiger partial charge on any atom is -0.308 e. The Labute approximate surface area is 211 Å². The number of benzene rings is 5. The lowest BCUT2D eigenvalue weighted by Crippen LogP contribution is -1.86. The summed E-state index contributed by atoms with van der Waals surface area (Å²) < 4.78 is 161. The Balaban J connectivity index is 2.25. The van der Waals surface area contributed by atoms with Crippen molar-refractivity contribution in [2.24, 2.45) is 0 Å². The second-order valence-electron chi connectivity index (χ2n) is 7.26. The van der Waals surface area contributed by atoms with Crippen LogP contribution in [-0.2, 0) is 0 Å². The maximum atomic E-state index is 9.19. The highest BCUT2D eigenvalue weighted by Gasteiger charge is 2.14. The molecule has 2 aromatic heterocycles. The van der Waals surface area contributed by atoms with Crippen molar-refractivity contribution in [2.45, 2.75) is 6.92 Å². The molecule has 1 nitrogen and oxygen atoms in total. The van der Waals surface area contributed by atoms with Crippen LogP contribution in [0.1, 0.15) is 30.2 Å². The molecule has 0 atom stereocenters. The molecule has 0 aliphatic heterocycles. The van der Waals surface area contributed by atoms with Crippen molar-refractivity contribution in [1.29, 1.82) is 0 Å². The van der Waals surface area contributed by atoms with Gasteiger partial charge < -0.3 is 4.40 Å². The molecule has 0 aliphatic carbocycles. The number of para-hydroxylation sites is 2. The molecule has 2 heterocycles. The van der Waals surface area contributed by atoms with Gasteiger partial charge in [-0.3, -0.25) is 0 Å². The van der Waals surface area contributed by atoms with Crippen LogP contribution in [0.5, 0.6) is 0 Å². The fourth-order valence-corrected chi connectivity index (χ4v) is 4.19. The summed E-state index contributed by atoms with van der Waals surface area (Å²) in [6.07, 6.45) is 0. The highest BCUT2D eigenvalue weighted by molar-refractivity contribution is 6.25. The second kappa shape index (κ2) is 6.45. The third-order valence-electron chi connectivity index (χ3n) is 5.48. The van der Waals surface area contributed by atoms with E-state index in [2.05, 4.69) is 0 Å². The first kappa shape index (κ1) is 7.50. The van der Waals surface area contributed by atoms with Gasteiger partial charge in [-0.05, 0) is 46.6 Å². The second-order valence-corrected chi connectivity index (χ2v) is 7.26. The van der Waals surface area contributed by atoms with Gasteiger partial charge in [0.05, 0.1) is 41.2 Å². The molecule has 0 amide bonds. The van der Waals surface area contributed by atoms with Crippen molar-refractivity contribution < 1.29 is 24.7 Å². The van der Waals surface area contributed by atoms with Gasteiger partial charge in [0, 0.05) is 21.5 Å². The van der Waals surface area contributed by atoms with Crippen molar-refractivity contribution in [2.75, 3.05) is 0 Å². The summed E-state index contributed by atoms with van der Waals surface area (Å²) in [6.45, 7) is 1.39. The molecule has 0 saturated heterocycles. The lowest BCUT2D eigenvalue weighted by molar-refractivity contribution is 1.35. The van der Waals surface area contributed by atoms with E-state index in [4.69, 9.17) is 21.9 Å². The molecule has 0 radical (unpaired) electrons. The van der Waals surface area contributed by atoms with Crippen molar-refractivity contribution in [3.05, 3.63) is 114 Å². The van der Waals surface area contributed by atoms with Gasteiger partial charge in [0.15, 0.2) is 0 Å². The molecule has 150 valence electrons. The topological polar surface area (TPSA) is 4.41 Å². The summed E-state index contributed by atoms with van der Waals surface area (Å²) in [5.41, 5.74) is -1.25. The van der Waals surface area contributed by atoms with E-state index >= 15 is 0 Å². The normalized spacial score (nSPS) is 19.8. The van der Waals surface area contributed by atoms with E-state index in [0.29, 0.717) is 0 Å². The van der Waals surface area contributed by atoms with Crippen LogP contribution in [-0.4, -0.2) is 4.40 Å². The summed E-state index contributed by atoms with van der Waals surface area (Å²) in [4.78, 5) is 0. The van der Waals surface area contributed by atoms with E-state index in [1.807, 2.05) is 0 Å². The van der Waals surface area contributed by atoms with Gasteiger partial charge in [0.25, 0.3) is 0 Å². The first-order valence-corrected chi connectivity index (χ1v) is 9.67. The molecule has 0 bridgehead atoms. The van der Waals surface area contributed by atoms with Crippen molar-refractivity contribution >= 4 is 59.6 Å². The monoisotopic (exact) mass is 425 g/mol. The van der Waals surface area contributed by atoms with Crippen LogP contribution in [0.4, 0.5) is 0 Å². The van der Waals surface area contributed by atoms with Gasteiger partial charge in [-0.1, -0.05) is 96.2 Å². The molecule has 0 spiro atoms. The van der Waals surface area contributed by atoms with E-state index in [1.165, 1.54) is 6.92 Å². The average molecular weight is 426 g/mol. The summed E-state index contributed by atoms with van der Waals surface area (Å²) in [7, 11) is 0. The number of hydrogen-bond donors (Lipinski definition) is 0. The van der Waals surface area contributed by atoms with Crippen molar-refractivity contribution in [1.82, 2.24) is 4.40 Å². The molecule has 0 unspecified atom stereocenters. The van der Waals surface area contributed by atoms with Crippen LogP contribution in [0, 0.1) is 6.92 Å². The highest BCUT2D eigenvalue weighted by Crippen LogP contribution is 2.38. The first-order chi connectivity index (χ1) is 23.3. The van der Waals surface area contributed by atoms with Gasteiger partial charge in [-0.2, -0.15) is 0 Å². The van der Waals surface area contributed by atoms with Crippen LogP contribution >= 0.6 is 0 Å². The molecule has 0 N–H and O–H groups in total. The number of nitrogens with zero attached hydrogens (tertiary/aromatic N) is 1. The number of aromatic nitrogens is 1. The van der Waals surface area contributed by atoms with E-state index in [0.717, 1.165) is 4.40 Å². The fraction of sp³-hybridized carbons (Fsp3) is 0.0323. The molecule has 0 aliphatic rings. The van der Waals surface area contributed by atoms with Crippen molar-refractivity contribution in [3.8, 4) is 0 Å². The molecule has 5 aromatic carbocycles. The zero-order valence-electron chi connectivity index (χ0n) is 34.4. The summed E-state index contributed by atoms with van der Waals surface area (Å²) in [5, 5.41) is -3.75. The Bertz CT molecular complexity index is 2860. The van der Waals surface area contributed by atoms with Gasteiger partial charge in [-0.25, -0.2) is 0 Å². The lowest BCUT2D eigenvalue weighted by Gasteiger charge is -2.04. The van der Waals surface area contributed by atoms with Gasteiger partial charge in [0.1, 0.15) is 0 Å². The Morgan fingerprint density at radius 1 is 0.469 bits per heavy atom. The summed E-state index contributed by atoms with van der Waals surface area (Å²) in [5.74, 6) is 0. The molecule has 32 heavy (non-hydrogen) atoms. The predicted molar refractivity (Wildman–Crippen MR) is 138 cm³/mol. The predicted octanol–water partition coefficient (Wildman–Crippen LogP) is 8.58. The number of fused-ring (bicyclic) bond motifs is 10. The van der Waals surface area contributed by atoms with Crippen LogP contribution in [0.25, 0.3) is 59.6 Å². The number of rotatable bonds is 0. The molecule has 0 saturated carbocycles. The van der Waals surface area contributed by atoms with Gasteiger partial charge in [-0.15, -0.1) is 0 Å².